The lowest BCUT2D eigenvalue weighted by atomic mass is 9.95. The van der Waals surface area contributed by atoms with Crippen LogP contribution in [0, 0.1) is 6.92 Å². The lowest BCUT2D eigenvalue weighted by Crippen LogP contribution is -2.40. The van der Waals surface area contributed by atoms with Gasteiger partial charge in [0.2, 0.25) is 6.23 Å². The molecule has 6 rings (SSSR count). The summed E-state index contributed by atoms with van der Waals surface area (Å²) in [5.41, 5.74) is 4.24. The molecule has 0 spiro atoms. The van der Waals surface area contributed by atoms with Crippen LogP contribution in [0.2, 0.25) is 0 Å². The van der Waals surface area contributed by atoms with E-state index in [2.05, 4.69) is 0 Å². The number of fused-ring (bicyclic) bond motifs is 6. The van der Waals surface area contributed by atoms with Crippen molar-refractivity contribution in [3.8, 4) is 5.75 Å². The van der Waals surface area contributed by atoms with Gasteiger partial charge in [-0.25, -0.2) is 0 Å². The van der Waals surface area contributed by atoms with Crippen molar-refractivity contribution in [1.29, 1.82) is 0 Å². The van der Waals surface area contributed by atoms with Gasteiger partial charge < -0.3 is 27.1 Å². The summed E-state index contributed by atoms with van der Waals surface area (Å²) in [6.45, 7) is 1.92. The Morgan fingerprint density at radius 2 is 2.12 bits per heavy atom. The Labute approximate surface area is 148 Å². The van der Waals surface area contributed by atoms with Gasteiger partial charge in [-0.1, -0.05) is 11.6 Å². The van der Waals surface area contributed by atoms with Crippen molar-refractivity contribution in [2.45, 2.75) is 13.2 Å². The molecule has 0 fully saturated rings. The molecule has 2 aromatic rings. The number of nitrogens with zero attached hydrogens (tertiary/aromatic N) is 2. The van der Waals surface area contributed by atoms with Gasteiger partial charge >= 0.3 is 7.04 Å². The minimum absolute atomic E-state index is 0.215. The molecular formula is C19H13BF2N2O2. The number of hydrogen-bond acceptors (Lipinski definition) is 2. The first-order valence-corrected chi connectivity index (χ1v) is 8.48. The second kappa shape index (κ2) is 4.36. The van der Waals surface area contributed by atoms with Crippen molar-refractivity contribution < 1.29 is 22.5 Å². The number of hydrogen-bond donors (Lipinski definition) is 0. The SMILES string of the molecule is Cc1ccc2c(c1)C1=C3C(=C4C=CC=[N+]4[B-](F)(F)O1)c1cccn1[C@H]3O2. The van der Waals surface area contributed by atoms with Crippen molar-refractivity contribution in [2.24, 2.45) is 0 Å². The maximum Gasteiger partial charge on any atom is 0.834 e. The van der Waals surface area contributed by atoms with E-state index in [0.29, 0.717) is 22.6 Å². The maximum atomic E-state index is 15.0. The molecule has 0 radical (unpaired) electrons. The van der Waals surface area contributed by atoms with Gasteiger partial charge in [0.1, 0.15) is 12.0 Å². The van der Waals surface area contributed by atoms with Gasteiger partial charge in [0, 0.05) is 18.3 Å². The predicted molar refractivity (Wildman–Crippen MR) is 93.6 cm³/mol. The number of aromatic nitrogens is 1. The summed E-state index contributed by atoms with van der Waals surface area (Å²) in [6, 6.07) is 9.38. The molecule has 0 saturated carbocycles. The third kappa shape index (κ3) is 1.56. The zero-order valence-corrected chi connectivity index (χ0v) is 13.8. The Hall–Kier alpha value is -3.09. The highest BCUT2D eigenvalue weighted by atomic mass is 19.3. The van der Waals surface area contributed by atoms with E-state index >= 15 is 0 Å². The molecule has 1 aromatic heterocycles. The third-order valence-corrected chi connectivity index (χ3v) is 5.29. The highest BCUT2D eigenvalue weighted by molar-refractivity contribution is 6.52. The second-order valence-electron chi connectivity index (χ2n) is 6.87. The number of halogens is 2. The number of allylic oxidation sites excluding steroid dienone is 2. The molecule has 0 N–H and O–H groups in total. The third-order valence-electron chi connectivity index (χ3n) is 5.29. The molecule has 0 bridgehead atoms. The van der Waals surface area contributed by atoms with Gasteiger partial charge in [-0.15, -0.1) is 0 Å². The first kappa shape index (κ1) is 14.1. The predicted octanol–water partition coefficient (Wildman–Crippen LogP) is 3.88. The minimum atomic E-state index is -4.24. The summed E-state index contributed by atoms with van der Waals surface area (Å²) >= 11 is 0. The Morgan fingerprint density at radius 1 is 1.23 bits per heavy atom. The Kier molecular flexibility index (Phi) is 2.37. The van der Waals surface area contributed by atoms with Gasteiger partial charge in [-0.05, 0) is 31.2 Å². The van der Waals surface area contributed by atoms with Gasteiger partial charge in [-0.2, -0.15) is 0 Å². The van der Waals surface area contributed by atoms with Crippen LogP contribution >= 0.6 is 0 Å². The fraction of sp³-hybridized carbons (Fsp3) is 0.105. The van der Waals surface area contributed by atoms with Gasteiger partial charge in [0.25, 0.3) is 0 Å². The highest BCUT2D eigenvalue weighted by Gasteiger charge is 2.56. The van der Waals surface area contributed by atoms with E-state index in [-0.39, 0.29) is 5.76 Å². The summed E-state index contributed by atoms with van der Waals surface area (Å²) in [4.78, 5) is 0. The quantitative estimate of drug-likeness (QED) is 0.674. The zero-order valence-electron chi connectivity index (χ0n) is 13.8. The van der Waals surface area contributed by atoms with Crippen LogP contribution in [0.4, 0.5) is 8.63 Å². The lowest BCUT2D eigenvalue weighted by Gasteiger charge is -2.30. The number of benzene rings is 1. The number of rotatable bonds is 0. The standard InChI is InChI=1S/C19H13BF2N2O2/c1-11-6-7-15-12(10-11)18-17-16(13-4-2-8-23(13)19(17)25-15)14-5-3-9-24(14)20(21,22)26-18/h2-10,19H,1H3/t19-/m0/s1. The van der Waals surface area contributed by atoms with Crippen LogP contribution in [0.3, 0.4) is 0 Å². The molecule has 5 heterocycles. The van der Waals surface area contributed by atoms with E-state index in [1.54, 1.807) is 12.2 Å². The van der Waals surface area contributed by atoms with E-state index in [4.69, 9.17) is 9.39 Å². The molecule has 26 heavy (non-hydrogen) atoms. The van der Waals surface area contributed by atoms with E-state index in [0.717, 1.165) is 21.3 Å². The first-order chi connectivity index (χ1) is 12.5. The lowest BCUT2D eigenvalue weighted by molar-refractivity contribution is -0.370. The first-order valence-electron chi connectivity index (χ1n) is 8.48. The van der Waals surface area contributed by atoms with Crippen LogP contribution in [0.5, 0.6) is 5.75 Å². The number of ether oxygens (including phenoxy) is 1. The normalized spacial score (nSPS) is 23.5. The van der Waals surface area contributed by atoms with E-state index in [9.17, 15) is 8.63 Å². The maximum absolute atomic E-state index is 15.0. The molecule has 4 aliphatic heterocycles. The Bertz CT molecular complexity index is 1140. The topological polar surface area (TPSA) is 26.4 Å². The molecule has 0 saturated heterocycles. The minimum Gasteiger partial charge on any atom is -0.599 e. The fourth-order valence-corrected chi connectivity index (χ4v) is 4.20. The highest BCUT2D eigenvalue weighted by Crippen LogP contribution is 2.54. The molecule has 1 atom stereocenters. The summed E-state index contributed by atoms with van der Waals surface area (Å²) in [5.74, 6) is 0.769. The molecule has 0 amide bonds. The summed E-state index contributed by atoms with van der Waals surface area (Å²) in [7, 11) is -4.24. The van der Waals surface area contributed by atoms with Crippen LogP contribution in [-0.2, 0) is 4.65 Å². The molecular weight excluding hydrogens is 337 g/mol. The second-order valence-corrected chi connectivity index (χ2v) is 6.87. The molecule has 128 valence electrons. The van der Waals surface area contributed by atoms with Crippen molar-refractivity contribution in [2.75, 3.05) is 0 Å². The molecule has 1 aromatic carbocycles. The van der Waals surface area contributed by atoms with Crippen LogP contribution in [0.25, 0.3) is 11.3 Å². The largest absolute Gasteiger partial charge is 0.834 e. The summed E-state index contributed by atoms with van der Waals surface area (Å²) < 4.78 is 44.5. The van der Waals surface area contributed by atoms with Gasteiger partial charge in [0.15, 0.2) is 5.70 Å². The van der Waals surface area contributed by atoms with Crippen molar-refractivity contribution in [3.63, 3.8) is 0 Å². The van der Waals surface area contributed by atoms with Crippen LogP contribution in [0.15, 0.2) is 60.0 Å². The van der Waals surface area contributed by atoms with E-state index in [1.807, 2.05) is 48.0 Å². The van der Waals surface area contributed by atoms with Crippen molar-refractivity contribution >= 4 is 24.6 Å². The average Bonchev–Trinajstić information content (AvgIpc) is 3.29. The number of aryl methyl sites for hydroxylation is 1. The molecule has 4 aliphatic rings. The molecule has 7 heteroatoms. The zero-order chi connectivity index (χ0) is 17.6. The van der Waals surface area contributed by atoms with Gasteiger partial charge in [-0.3, -0.25) is 0 Å². The van der Waals surface area contributed by atoms with Crippen molar-refractivity contribution in [1.82, 2.24) is 4.57 Å². The smallest absolute Gasteiger partial charge is 0.599 e. The summed E-state index contributed by atoms with van der Waals surface area (Å²) in [6.07, 6.45) is 6.10. The summed E-state index contributed by atoms with van der Waals surface area (Å²) in [5, 5.41) is 0. The van der Waals surface area contributed by atoms with Crippen molar-refractivity contribution in [3.05, 3.63) is 76.8 Å². The Morgan fingerprint density at radius 3 is 3.00 bits per heavy atom. The van der Waals surface area contributed by atoms with Gasteiger partial charge in [0.05, 0.1) is 28.2 Å². The fourth-order valence-electron chi connectivity index (χ4n) is 4.20. The van der Waals surface area contributed by atoms with E-state index < -0.39 is 13.3 Å². The van der Waals surface area contributed by atoms with Crippen LogP contribution < -0.4 is 4.74 Å². The van der Waals surface area contributed by atoms with E-state index in [1.165, 1.54) is 6.21 Å². The van der Waals surface area contributed by atoms with Crippen LogP contribution in [-0.4, -0.2) is 22.3 Å². The molecule has 0 aliphatic carbocycles. The van der Waals surface area contributed by atoms with Crippen LogP contribution in [0.1, 0.15) is 23.0 Å². The average molecular weight is 350 g/mol. The monoisotopic (exact) mass is 350 g/mol. The Balaban J connectivity index is 1.76. The molecule has 0 unspecified atom stereocenters. The molecule has 4 nitrogen and oxygen atoms in total.